The molecule has 1 aromatic rings. The van der Waals surface area contributed by atoms with Gasteiger partial charge in [0, 0.05) is 12.6 Å². The zero-order valence-electron chi connectivity index (χ0n) is 13.0. The highest BCUT2D eigenvalue weighted by molar-refractivity contribution is 14.0. The Morgan fingerprint density at radius 1 is 1.09 bits per heavy atom. The summed E-state index contributed by atoms with van der Waals surface area (Å²) in [4.78, 5) is 4.17. The Labute approximate surface area is 152 Å². The summed E-state index contributed by atoms with van der Waals surface area (Å²) in [7, 11) is 0. The van der Waals surface area contributed by atoms with E-state index in [1.54, 1.807) is 0 Å². The SMILES string of the molecule is I.NC(=NCCc1cc(F)c(F)c(F)c1)NC1CCCCCC1. The van der Waals surface area contributed by atoms with E-state index < -0.39 is 17.5 Å². The second-order valence-electron chi connectivity index (χ2n) is 5.72. The largest absolute Gasteiger partial charge is 0.370 e. The molecule has 1 aliphatic rings. The van der Waals surface area contributed by atoms with Gasteiger partial charge in [-0.25, -0.2) is 13.2 Å². The summed E-state index contributed by atoms with van der Waals surface area (Å²) in [6.45, 7) is 0.302. The summed E-state index contributed by atoms with van der Waals surface area (Å²) in [5.41, 5.74) is 6.20. The quantitative estimate of drug-likeness (QED) is 0.245. The first-order chi connectivity index (χ1) is 10.6. The predicted molar refractivity (Wildman–Crippen MR) is 96.6 cm³/mol. The van der Waals surface area contributed by atoms with Gasteiger partial charge >= 0.3 is 0 Å². The molecule has 0 radical (unpaired) electrons. The van der Waals surface area contributed by atoms with Crippen LogP contribution in [0.1, 0.15) is 44.1 Å². The van der Waals surface area contributed by atoms with E-state index in [9.17, 15) is 13.2 Å². The minimum Gasteiger partial charge on any atom is -0.370 e. The maximum absolute atomic E-state index is 13.1. The number of aliphatic imine (C=N–C) groups is 1. The van der Waals surface area contributed by atoms with Crippen LogP contribution >= 0.6 is 24.0 Å². The van der Waals surface area contributed by atoms with E-state index in [1.807, 2.05) is 0 Å². The highest BCUT2D eigenvalue weighted by atomic mass is 127. The molecule has 0 amide bonds. The second-order valence-corrected chi connectivity index (χ2v) is 5.72. The molecule has 0 saturated heterocycles. The van der Waals surface area contributed by atoms with E-state index >= 15 is 0 Å². The van der Waals surface area contributed by atoms with Crippen LogP contribution in [0.15, 0.2) is 17.1 Å². The summed E-state index contributed by atoms with van der Waals surface area (Å²) in [5, 5.41) is 3.20. The molecular formula is C16H23F3IN3. The molecular weight excluding hydrogens is 418 g/mol. The van der Waals surface area contributed by atoms with Gasteiger partial charge in [-0.05, 0) is 37.0 Å². The average Bonchev–Trinajstić information content (AvgIpc) is 2.73. The summed E-state index contributed by atoms with van der Waals surface area (Å²) in [6.07, 6.45) is 7.39. The molecule has 0 aliphatic heterocycles. The first-order valence-electron chi connectivity index (χ1n) is 7.76. The van der Waals surface area contributed by atoms with Crippen LogP contribution < -0.4 is 11.1 Å². The Kier molecular flexibility index (Phi) is 8.72. The van der Waals surface area contributed by atoms with Gasteiger partial charge in [0.1, 0.15) is 0 Å². The van der Waals surface area contributed by atoms with E-state index in [4.69, 9.17) is 5.73 Å². The van der Waals surface area contributed by atoms with Crippen molar-refractivity contribution in [2.24, 2.45) is 10.7 Å². The molecule has 2 rings (SSSR count). The number of nitrogens with two attached hydrogens (primary N) is 1. The lowest BCUT2D eigenvalue weighted by atomic mass is 10.1. The molecule has 3 nitrogen and oxygen atoms in total. The molecule has 0 bridgehead atoms. The van der Waals surface area contributed by atoms with Crippen molar-refractivity contribution in [3.05, 3.63) is 35.1 Å². The highest BCUT2D eigenvalue weighted by Gasteiger charge is 2.12. The first-order valence-corrected chi connectivity index (χ1v) is 7.76. The Morgan fingerprint density at radius 2 is 1.65 bits per heavy atom. The Morgan fingerprint density at radius 3 is 2.22 bits per heavy atom. The van der Waals surface area contributed by atoms with Gasteiger partial charge in [0.15, 0.2) is 23.4 Å². The lowest BCUT2D eigenvalue weighted by molar-refractivity contribution is 0.445. The third-order valence-corrected chi connectivity index (χ3v) is 3.93. The number of hydrogen-bond donors (Lipinski definition) is 2. The van der Waals surface area contributed by atoms with Crippen LogP contribution in [0.25, 0.3) is 0 Å². The maximum atomic E-state index is 13.1. The van der Waals surface area contributed by atoms with Gasteiger partial charge in [0.05, 0.1) is 0 Å². The van der Waals surface area contributed by atoms with E-state index in [1.165, 1.54) is 25.7 Å². The lowest BCUT2D eigenvalue weighted by Crippen LogP contribution is -2.40. The van der Waals surface area contributed by atoms with Gasteiger partial charge in [-0.15, -0.1) is 24.0 Å². The van der Waals surface area contributed by atoms with Crippen LogP contribution in [0.4, 0.5) is 13.2 Å². The third-order valence-electron chi connectivity index (χ3n) is 3.93. The number of benzene rings is 1. The van der Waals surface area contributed by atoms with Crippen LogP contribution in [-0.4, -0.2) is 18.5 Å². The Balaban J connectivity index is 0.00000264. The van der Waals surface area contributed by atoms with Crippen LogP contribution in [-0.2, 0) is 6.42 Å². The zero-order valence-corrected chi connectivity index (χ0v) is 15.3. The number of hydrogen-bond acceptors (Lipinski definition) is 1. The van der Waals surface area contributed by atoms with Crippen molar-refractivity contribution >= 4 is 29.9 Å². The fourth-order valence-corrected chi connectivity index (χ4v) is 2.74. The van der Waals surface area contributed by atoms with Crippen LogP contribution in [0.3, 0.4) is 0 Å². The van der Waals surface area contributed by atoms with Crippen LogP contribution in [0, 0.1) is 17.5 Å². The summed E-state index contributed by atoms with van der Waals surface area (Å²) < 4.78 is 39.0. The molecule has 0 spiro atoms. The number of halogens is 4. The Hall–Kier alpha value is -0.990. The predicted octanol–water partition coefficient (Wildman–Crippen LogP) is 3.89. The van der Waals surface area contributed by atoms with Crippen molar-refractivity contribution in [3.8, 4) is 0 Å². The fourth-order valence-electron chi connectivity index (χ4n) is 2.74. The van der Waals surface area contributed by atoms with Crippen molar-refractivity contribution in [2.75, 3.05) is 6.54 Å². The zero-order chi connectivity index (χ0) is 15.9. The van der Waals surface area contributed by atoms with Crippen molar-refractivity contribution in [1.29, 1.82) is 0 Å². The molecule has 0 heterocycles. The van der Waals surface area contributed by atoms with Gasteiger partial charge < -0.3 is 11.1 Å². The smallest absolute Gasteiger partial charge is 0.194 e. The van der Waals surface area contributed by atoms with Gasteiger partial charge in [0.25, 0.3) is 0 Å². The fraction of sp³-hybridized carbons (Fsp3) is 0.562. The van der Waals surface area contributed by atoms with Gasteiger partial charge in [0.2, 0.25) is 0 Å². The monoisotopic (exact) mass is 441 g/mol. The van der Waals surface area contributed by atoms with Crippen LogP contribution in [0.2, 0.25) is 0 Å². The van der Waals surface area contributed by atoms with E-state index in [2.05, 4.69) is 10.3 Å². The summed E-state index contributed by atoms with van der Waals surface area (Å²) in [5.74, 6) is -3.44. The summed E-state index contributed by atoms with van der Waals surface area (Å²) >= 11 is 0. The molecule has 1 saturated carbocycles. The normalized spacial score (nSPS) is 16.6. The molecule has 0 atom stereocenters. The summed E-state index contributed by atoms with van der Waals surface area (Å²) in [6, 6.07) is 2.33. The minimum absolute atomic E-state index is 0. The van der Waals surface area contributed by atoms with Gasteiger partial charge in [-0.1, -0.05) is 25.7 Å². The van der Waals surface area contributed by atoms with Gasteiger partial charge in [-0.2, -0.15) is 0 Å². The van der Waals surface area contributed by atoms with Crippen molar-refractivity contribution in [2.45, 2.75) is 51.0 Å². The molecule has 1 aromatic carbocycles. The number of nitrogens with one attached hydrogen (secondary N) is 1. The highest BCUT2D eigenvalue weighted by Crippen LogP contribution is 2.17. The van der Waals surface area contributed by atoms with Crippen molar-refractivity contribution in [1.82, 2.24) is 5.32 Å². The lowest BCUT2D eigenvalue weighted by Gasteiger charge is -2.16. The van der Waals surface area contributed by atoms with Crippen molar-refractivity contribution < 1.29 is 13.2 Å². The standard InChI is InChI=1S/C16H22F3N3.HI/c17-13-9-11(10-14(18)15(13)19)7-8-21-16(20)22-12-5-3-1-2-4-6-12;/h9-10,12H,1-8H2,(H3,20,21,22);1H. The number of rotatable bonds is 4. The molecule has 0 aromatic heterocycles. The molecule has 130 valence electrons. The van der Waals surface area contributed by atoms with E-state index in [-0.39, 0.29) is 24.0 Å². The van der Waals surface area contributed by atoms with Crippen molar-refractivity contribution in [3.63, 3.8) is 0 Å². The molecule has 1 aliphatic carbocycles. The maximum Gasteiger partial charge on any atom is 0.194 e. The van der Waals surface area contributed by atoms with E-state index in [0.717, 1.165) is 25.0 Å². The topological polar surface area (TPSA) is 50.4 Å². The van der Waals surface area contributed by atoms with E-state index in [0.29, 0.717) is 30.5 Å². The minimum atomic E-state index is -1.44. The number of guanidine groups is 1. The van der Waals surface area contributed by atoms with Gasteiger partial charge in [-0.3, -0.25) is 4.99 Å². The van der Waals surface area contributed by atoms with Crippen LogP contribution in [0.5, 0.6) is 0 Å². The molecule has 0 unspecified atom stereocenters. The third kappa shape index (κ3) is 6.56. The molecule has 7 heteroatoms. The molecule has 23 heavy (non-hydrogen) atoms. The first kappa shape index (κ1) is 20.1. The second kappa shape index (κ2) is 10.00. The molecule has 3 N–H and O–H groups in total. The number of nitrogens with zero attached hydrogens (tertiary/aromatic N) is 1. The average molecular weight is 441 g/mol. The molecule has 1 fully saturated rings. The Bertz CT molecular complexity index is 506.